The summed E-state index contributed by atoms with van der Waals surface area (Å²) in [4.78, 5) is 15.4. The summed E-state index contributed by atoms with van der Waals surface area (Å²) in [6, 6.07) is 15.3. The first-order chi connectivity index (χ1) is 12.0. The highest BCUT2D eigenvalue weighted by atomic mass is 32.2. The number of aliphatic imine (C=N–C) groups is 1. The summed E-state index contributed by atoms with van der Waals surface area (Å²) in [7, 11) is 1.85. The largest absolute Gasteiger partial charge is 0.272 e. The van der Waals surface area contributed by atoms with Crippen LogP contribution in [0.25, 0.3) is 0 Å². The molecule has 25 heavy (non-hydrogen) atoms. The number of nitro benzene ring substituents is 1. The predicted octanol–water partition coefficient (Wildman–Crippen LogP) is 3.84. The molecule has 0 bridgehead atoms. The van der Waals surface area contributed by atoms with Crippen LogP contribution in [0.3, 0.4) is 0 Å². The third-order valence-electron chi connectivity index (χ3n) is 3.86. The molecule has 0 saturated carbocycles. The molecular weight excluding hydrogens is 336 g/mol. The zero-order valence-corrected chi connectivity index (χ0v) is 14.9. The molecule has 0 saturated heterocycles. The average Bonchev–Trinajstić information content (AvgIpc) is 2.61. The molecule has 0 N–H and O–H groups in total. The van der Waals surface area contributed by atoms with Gasteiger partial charge < -0.3 is 0 Å². The molecule has 0 unspecified atom stereocenters. The lowest BCUT2D eigenvalue weighted by atomic mass is 10.1. The van der Waals surface area contributed by atoms with Gasteiger partial charge in [0.15, 0.2) is 5.17 Å². The molecule has 0 aromatic heterocycles. The zero-order valence-electron chi connectivity index (χ0n) is 14.0. The first kappa shape index (κ1) is 17.2. The van der Waals surface area contributed by atoms with E-state index >= 15 is 0 Å². The Kier molecular flexibility index (Phi) is 5.14. The van der Waals surface area contributed by atoms with E-state index < -0.39 is 0 Å². The molecule has 0 radical (unpaired) electrons. The van der Waals surface area contributed by atoms with E-state index in [1.54, 1.807) is 35.8 Å². The van der Waals surface area contributed by atoms with Crippen molar-refractivity contribution in [3.8, 4) is 0 Å². The molecule has 128 valence electrons. The van der Waals surface area contributed by atoms with E-state index in [0.717, 1.165) is 22.0 Å². The summed E-state index contributed by atoms with van der Waals surface area (Å²) in [5, 5.41) is 18.3. The van der Waals surface area contributed by atoms with Crippen LogP contribution in [0.5, 0.6) is 0 Å². The highest BCUT2D eigenvalue weighted by Gasteiger charge is 2.20. The SMILES string of the molecule is Cc1ccc(C2=NN(C)C(=NCc3ccccc3)SC2)cc1[N+](=O)[O-]. The average molecular weight is 354 g/mol. The number of hydrazone groups is 1. The Morgan fingerprint density at radius 3 is 2.72 bits per heavy atom. The zero-order chi connectivity index (χ0) is 17.8. The van der Waals surface area contributed by atoms with Crippen LogP contribution in [0, 0.1) is 17.0 Å². The number of hydrogen-bond acceptors (Lipinski definition) is 5. The van der Waals surface area contributed by atoms with Crippen molar-refractivity contribution in [2.75, 3.05) is 12.8 Å². The Morgan fingerprint density at radius 2 is 2.04 bits per heavy atom. The summed E-state index contributed by atoms with van der Waals surface area (Å²) < 4.78 is 0. The second-order valence-electron chi connectivity index (χ2n) is 5.70. The van der Waals surface area contributed by atoms with Crippen LogP contribution >= 0.6 is 11.8 Å². The number of nitro groups is 1. The van der Waals surface area contributed by atoms with Gasteiger partial charge in [-0.2, -0.15) is 5.10 Å². The molecule has 6 nitrogen and oxygen atoms in total. The predicted molar refractivity (Wildman–Crippen MR) is 102 cm³/mol. The van der Waals surface area contributed by atoms with Crippen LogP contribution in [0.1, 0.15) is 16.7 Å². The summed E-state index contributed by atoms with van der Waals surface area (Å²) in [5.74, 6) is 0.637. The van der Waals surface area contributed by atoms with E-state index in [1.165, 1.54) is 0 Å². The van der Waals surface area contributed by atoms with Crippen LogP contribution in [0.2, 0.25) is 0 Å². The third-order valence-corrected chi connectivity index (χ3v) is 4.93. The Balaban J connectivity index is 1.78. The minimum Gasteiger partial charge on any atom is -0.258 e. The quantitative estimate of drug-likeness (QED) is 0.618. The summed E-state index contributed by atoms with van der Waals surface area (Å²) in [6.45, 7) is 2.34. The van der Waals surface area contributed by atoms with Crippen molar-refractivity contribution in [3.05, 3.63) is 75.3 Å². The lowest BCUT2D eigenvalue weighted by Gasteiger charge is -2.22. The smallest absolute Gasteiger partial charge is 0.258 e. The first-order valence-electron chi connectivity index (χ1n) is 7.82. The fraction of sp³-hybridized carbons (Fsp3) is 0.222. The van der Waals surface area contributed by atoms with Gasteiger partial charge in [0.05, 0.1) is 17.2 Å². The standard InChI is InChI=1S/C18H18N4O2S/c1-13-8-9-15(10-17(13)22(23)24)16-12-25-18(21(2)20-16)19-11-14-6-4-3-5-7-14/h3-10H,11-12H2,1-2H3. The van der Waals surface area contributed by atoms with E-state index in [9.17, 15) is 10.1 Å². The molecule has 0 fully saturated rings. The minimum absolute atomic E-state index is 0.122. The van der Waals surface area contributed by atoms with Gasteiger partial charge >= 0.3 is 0 Å². The maximum atomic E-state index is 11.1. The monoisotopic (exact) mass is 354 g/mol. The molecule has 0 spiro atoms. The Bertz CT molecular complexity index is 849. The van der Waals surface area contributed by atoms with Gasteiger partial charge in [-0.15, -0.1) is 0 Å². The molecule has 0 atom stereocenters. The highest BCUT2D eigenvalue weighted by molar-refractivity contribution is 8.14. The van der Waals surface area contributed by atoms with Crippen molar-refractivity contribution in [2.24, 2.45) is 10.1 Å². The molecule has 2 aromatic carbocycles. The van der Waals surface area contributed by atoms with Crippen molar-refractivity contribution in [2.45, 2.75) is 13.5 Å². The molecule has 1 heterocycles. The topological polar surface area (TPSA) is 71.1 Å². The van der Waals surface area contributed by atoms with Crippen molar-refractivity contribution in [1.29, 1.82) is 0 Å². The summed E-state index contributed by atoms with van der Waals surface area (Å²) in [5.41, 5.74) is 3.51. The molecule has 1 aliphatic rings. The second-order valence-corrected chi connectivity index (χ2v) is 6.64. The van der Waals surface area contributed by atoms with Crippen LogP contribution in [-0.4, -0.2) is 33.6 Å². The molecule has 7 heteroatoms. The van der Waals surface area contributed by atoms with E-state index in [-0.39, 0.29) is 10.6 Å². The maximum absolute atomic E-state index is 11.1. The van der Waals surface area contributed by atoms with Crippen LogP contribution in [0.4, 0.5) is 5.69 Å². The van der Waals surface area contributed by atoms with Gasteiger partial charge in [0.25, 0.3) is 5.69 Å². The van der Waals surface area contributed by atoms with Crippen molar-refractivity contribution >= 4 is 28.3 Å². The van der Waals surface area contributed by atoms with Gasteiger partial charge in [-0.3, -0.25) is 15.1 Å². The lowest BCUT2D eigenvalue weighted by Crippen LogP contribution is -2.28. The Morgan fingerprint density at radius 1 is 1.28 bits per heavy atom. The van der Waals surface area contributed by atoms with E-state index in [1.807, 2.05) is 43.4 Å². The molecular formula is C18H18N4O2S. The van der Waals surface area contributed by atoms with E-state index in [4.69, 9.17) is 0 Å². The van der Waals surface area contributed by atoms with Crippen LogP contribution in [0.15, 0.2) is 58.6 Å². The summed E-state index contributed by atoms with van der Waals surface area (Å²) in [6.07, 6.45) is 0. The fourth-order valence-electron chi connectivity index (χ4n) is 2.50. The van der Waals surface area contributed by atoms with E-state index in [2.05, 4.69) is 10.1 Å². The van der Waals surface area contributed by atoms with Gasteiger partial charge in [0, 0.05) is 30.0 Å². The third kappa shape index (κ3) is 4.06. The minimum atomic E-state index is -0.355. The number of aryl methyl sites for hydroxylation is 1. The number of benzene rings is 2. The molecule has 0 aliphatic carbocycles. The second kappa shape index (κ2) is 7.48. The number of hydrogen-bond donors (Lipinski definition) is 0. The maximum Gasteiger partial charge on any atom is 0.272 e. The number of amidine groups is 1. The van der Waals surface area contributed by atoms with E-state index in [0.29, 0.717) is 17.9 Å². The van der Waals surface area contributed by atoms with Crippen LogP contribution < -0.4 is 0 Å². The summed E-state index contributed by atoms with van der Waals surface area (Å²) >= 11 is 1.59. The number of rotatable bonds is 4. The van der Waals surface area contributed by atoms with Crippen molar-refractivity contribution in [1.82, 2.24) is 5.01 Å². The molecule has 2 aromatic rings. The number of nitrogens with zero attached hydrogens (tertiary/aromatic N) is 4. The van der Waals surface area contributed by atoms with Gasteiger partial charge in [0.2, 0.25) is 0 Å². The highest BCUT2D eigenvalue weighted by Crippen LogP contribution is 2.24. The van der Waals surface area contributed by atoms with Gasteiger partial charge in [0.1, 0.15) is 0 Å². The van der Waals surface area contributed by atoms with Gasteiger partial charge in [-0.05, 0) is 12.5 Å². The van der Waals surface area contributed by atoms with Crippen LogP contribution in [-0.2, 0) is 6.54 Å². The first-order valence-corrected chi connectivity index (χ1v) is 8.81. The van der Waals surface area contributed by atoms with Crippen molar-refractivity contribution in [3.63, 3.8) is 0 Å². The molecule has 1 aliphatic heterocycles. The number of thioether (sulfide) groups is 1. The van der Waals surface area contributed by atoms with Gasteiger partial charge in [-0.1, -0.05) is 54.2 Å². The Hall–Kier alpha value is -2.67. The molecule has 3 rings (SSSR count). The van der Waals surface area contributed by atoms with Crippen molar-refractivity contribution < 1.29 is 4.92 Å². The Labute approximate surface area is 150 Å². The van der Waals surface area contributed by atoms with Gasteiger partial charge in [-0.25, -0.2) is 5.01 Å². The molecule has 0 amide bonds. The fourth-order valence-corrected chi connectivity index (χ4v) is 3.37. The normalized spacial score (nSPS) is 16.0. The lowest BCUT2D eigenvalue weighted by molar-refractivity contribution is -0.385.